The standard InChI is InChI=1S/C21H39N7O12/c1-5-21(36,4-30)16(40-17-9(26-2)13(34)10(31)6(3-29)38-17)18(37-5)39-15-8(28-20(24)25)11(32)7(27-19(22)23)12(33)14(15)35/h4-18,26,29,31-36H,3H2,1-2H3,(H4,22,23,27)(H4,24,25,28)/t5-,6-,7-,8+,9-,10-,11+,12-,13-,14-,15+,16-,17-,18+,21-/m1/s1. The van der Waals surface area contributed by atoms with E-state index >= 15 is 0 Å². The third-order valence-corrected chi connectivity index (χ3v) is 7.34. The van der Waals surface area contributed by atoms with Gasteiger partial charge >= 0.3 is 0 Å². The third kappa shape index (κ3) is 6.00. The molecule has 0 radical (unpaired) electrons. The summed E-state index contributed by atoms with van der Waals surface area (Å²) in [6.07, 6.45) is -17.3. The maximum absolute atomic E-state index is 12.1. The first-order valence-electron chi connectivity index (χ1n) is 12.4. The summed E-state index contributed by atoms with van der Waals surface area (Å²) in [5, 5.41) is 76.6. The summed E-state index contributed by atoms with van der Waals surface area (Å²) in [4.78, 5) is 19.7. The summed E-state index contributed by atoms with van der Waals surface area (Å²) < 4.78 is 22.9. The van der Waals surface area contributed by atoms with Crippen LogP contribution in [0, 0.1) is 0 Å². The van der Waals surface area contributed by atoms with Crippen molar-refractivity contribution >= 4 is 18.2 Å². The molecule has 0 unspecified atom stereocenters. The lowest BCUT2D eigenvalue weighted by atomic mass is 9.81. The molecule has 230 valence electrons. The Morgan fingerprint density at radius 2 is 1.50 bits per heavy atom. The van der Waals surface area contributed by atoms with Gasteiger partial charge in [-0.3, -0.25) is 4.79 Å². The van der Waals surface area contributed by atoms with E-state index in [1.54, 1.807) is 0 Å². The number of likely N-dealkylation sites (N-methyl/N-ethyl adjacent to an activating group) is 1. The molecule has 19 nitrogen and oxygen atoms in total. The van der Waals surface area contributed by atoms with Crippen LogP contribution in [-0.4, -0.2) is 159 Å². The van der Waals surface area contributed by atoms with Crippen LogP contribution in [0.3, 0.4) is 0 Å². The van der Waals surface area contributed by atoms with E-state index in [2.05, 4.69) is 15.3 Å². The number of rotatable bonds is 9. The Balaban J connectivity index is 1.96. The predicted octanol–water partition coefficient (Wildman–Crippen LogP) is -8.16. The molecule has 0 aromatic heterocycles. The first kappa shape index (κ1) is 32.2. The third-order valence-electron chi connectivity index (χ3n) is 7.34. The van der Waals surface area contributed by atoms with Crippen LogP contribution in [0.5, 0.6) is 0 Å². The van der Waals surface area contributed by atoms with Gasteiger partial charge in [0.2, 0.25) is 0 Å². The highest BCUT2D eigenvalue weighted by atomic mass is 16.8. The van der Waals surface area contributed by atoms with Gasteiger partial charge in [-0.05, 0) is 14.0 Å². The van der Waals surface area contributed by atoms with Crippen molar-refractivity contribution in [1.82, 2.24) is 5.32 Å². The number of aliphatic hydroxyl groups is 7. The highest BCUT2D eigenvalue weighted by Crippen LogP contribution is 2.38. The van der Waals surface area contributed by atoms with Gasteiger partial charge in [0.05, 0.1) is 18.8 Å². The van der Waals surface area contributed by atoms with E-state index in [1.807, 2.05) is 0 Å². The molecule has 0 bridgehead atoms. The number of carbonyl (C=O) groups is 1. The Morgan fingerprint density at radius 1 is 0.900 bits per heavy atom. The number of nitrogens with zero attached hydrogens (tertiary/aromatic N) is 2. The van der Waals surface area contributed by atoms with Crippen LogP contribution in [0.2, 0.25) is 0 Å². The van der Waals surface area contributed by atoms with E-state index < -0.39 is 110 Å². The van der Waals surface area contributed by atoms with Crippen LogP contribution < -0.4 is 28.3 Å². The summed E-state index contributed by atoms with van der Waals surface area (Å²) in [6.45, 7) is 0.620. The quantitative estimate of drug-likeness (QED) is 0.0682. The number of guanidine groups is 2. The number of nitrogens with two attached hydrogens (primary N) is 4. The summed E-state index contributed by atoms with van der Waals surface area (Å²) in [7, 11) is 1.42. The van der Waals surface area contributed by atoms with E-state index in [0.29, 0.717) is 0 Å². The molecule has 2 heterocycles. The molecule has 2 saturated heterocycles. The second-order valence-electron chi connectivity index (χ2n) is 9.89. The zero-order valence-electron chi connectivity index (χ0n) is 21.7. The summed E-state index contributed by atoms with van der Waals surface area (Å²) >= 11 is 0. The first-order chi connectivity index (χ1) is 18.7. The van der Waals surface area contributed by atoms with Gasteiger partial charge in [-0.2, -0.15) is 0 Å². The molecule has 0 aromatic rings. The fourth-order valence-electron chi connectivity index (χ4n) is 5.08. The number of nitrogens with one attached hydrogen (secondary N) is 1. The van der Waals surface area contributed by atoms with Gasteiger partial charge in [0, 0.05) is 0 Å². The normalized spacial score (nSPS) is 47.4. The maximum Gasteiger partial charge on any atom is 0.188 e. The average Bonchev–Trinajstić information content (AvgIpc) is 3.13. The fourth-order valence-corrected chi connectivity index (χ4v) is 5.08. The summed E-state index contributed by atoms with van der Waals surface area (Å²) in [5.74, 6) is -1.03. The smallest absolute Gasteiger partial charge is 0.188 e. The second-order valence-corrected chi connectivity index (χ2v) is 9.89. The Kier molecular flexibility index (Phi) is 10.2. The van der Waals surface area contributed by atoms with Gasteiger partial charge < -0.3 is 82.9 Å². The fraction of sp³-hybridized carbons (Fsp3) is 0.857. The van der Waals surface area contributed by atoms with Crippen LogP contribution in [0.15, 0.2) is 9.98 Å². The van der Waals surface area contributed by atoms with Crippen LogP contribution >= 0.6 is 0 Å². The van der Waals surface area contributed by atoms with Crippen LogP contribution in [-0.2, 0) is 23.7 Å². The Hall–Kier alpha value is -2.27. The van der Waals surface area contributed by atoms with Gasteiger partial charge in [0.25, 0.3) is 0 Å². The minimum Gasteiger partial charge on any atom is -0.394 e. The second kappa shape index (κ2) is 12.7. The Bertz CT molecular complexity index is 940. The van der Waals surface area contributed by atoms with Crippen LogP contribution in [0.25, 0.3) is 0 Å². The number of hydrogen-bond donors (Lipinski definition) is 12. The van der Waals surface area contributed by atoms with E-state index in [-0.39, 0.29) is 6.29 Å². The summed E-state index contributed by atoms with van der Waals surface area (Å²) in [6, 6.07) is -4.08. The molecule has 1 aliphatic carbocycles. The molecule has 3 rings (SSSR count). The topological polar surface area (TPSA) is 336 Å². The molecule has 1 saturated carbocycles. The monoisotopic (exact) mass is 581 g/mol. The SMILES string of the molecule is CN[C@H]1[C@@H](O[C@@H]2[C@H](O[C@@H]3[C@H](O)[C@H](O)[C@H](N=C(N)N)[C@H](O)[C@@H]3N=C(N)N)O[C@H](C)[C@]2(O)C=O)O[C@H](CO)[C@@H](O)[C@@H]1O. The van der Waals surface area contributed by atoms with Crippen LogP contribution in [0.1, 0.15) is 6.92 Å². The van der Waals surface area contributed by atoms with E-state index in [4.69, 9.17) is 41.9 Å². The van der Waals surface area contributed by atoms with Gasteiger partial charge in [-0.25, -0.2) is 9.98 Å². The molecule has 0 aromatic carbocycles. The van der Waals surface area contributed by atoms with Crippen molar-refractivity contribution in [2.45, 2.75) is 98.2 Å². The van der Waals surface area contributed by atoms with Crippen molar-refractivity contribution in [2.75, 3.05) is 13.7 Å². The number of hydrogen-bond acceptors (Lipinski definition) is 15. The van der Waals surface area contributed by atoms with E-state index in [9.17, 15) is 40.5 Å². The zero-order valence-corrected chi connectivity index (χ0v) is 21.7. The number of aliphatic imine (C=N–C) groups is 2. The molecule has 3 aliphatic rings. The lowest BCUT2D eigenvalue weighted by molar-refractivity contribution is -0.314. The van der Waals surface area contributed by atoms with Crippen molar-refractivity contribution in [3.8, 4) is 0 Å². The van der Waals surface area contributed by atoms with Gasteiger partial charge in [-0.1, -0.05) is 0 Å². The van der Waals surface area contributed by atoms with Gasteiger partial charge in [0.1, 0.15) is 60.9 Å². The molecule has 16 N–H and O–H groups in total. The van der Waals surface area contributed by atoms with Crippen LogP contribution in [0.4, 0.5) is 0 Å². The minimum atomic E-state index is -2.38. The highest BCUT2D eigenvalue weighted by Gasteiger charge is 2.60. The van der Waals surface area contributed by atoms with Crippen molar-refractivity contribution in [2.24, 2.45) is 32.9 Å². The molecule has 19 heteroatoms. The predicted molar refractivity (Wildman–Crippen MR) is 133 cm³/mol. The average molecular weight is 582 g/mol. The first-order valence-corrected chi connectivity index (χ1v) is 12.4. The lowest BCUT2D eigenvalue weighted by Gasteiger charge is -2.45. The molecule has 0 amide bonds. The Morgan fingerprint density at radius 3 is 2.02 bits per heavy atom. The Labute approximate surface area is 228 Å². The zero-order chi connectivity index (χ0) is 30.1. The molecular weight excluding hydrogens is 542 g/mol. The summed E-state index contributed by atoms with van der Waals surface area (Å²) in [5.41, 5.74) is 19.4. The van der Waals surface area contributed by atoms with Gasteiger partial charge in [0.15, 0.2) is 36.4 Å². The van der Waals surface area contributed by atoms with Crippen molar-refractivity contribution in [3.63, 3.8) is 0 Å². The number of aliphatic hydroxyl groups excluding tert-OH is 6. The lowest BCUT2D eigenvalue weighted by Crippen LogP contribution is -2.66. The highest BCUT2D eigenvalue weighted by molar-refractivity contribution is 5.76. The molecule has 3 fully saturated rings. The van der Waals surface area contributed by atoms with Crippen molar-refractivity contribution in [3.05, 3.63) is 0 Å². The number of aldehydes is 1. The number of ether oxygens (including phenoxy) is 4. The van der Waals surface area contributed by atoms with Gasteiger partial charge in [-0.15, -0.1) is 0 Å². The number of carbonyl (C=O) groups excluding carboxylic acids is 1. The van der Waals surface area contributed by atoms with E-state index in [0.717, 1.165) is 0 Å². The van der Waals surface area contributed by atoms with Crippen molar-refractivity contribution < 1.29 is 59.5 Å². The maximum atomic E-state index is 12.1. The molecule has 15 atom stereocenters. The van der Waals surface area contributed by atoms with Crippen molar-refractivity contribution in [1.29, 1.82) is 0 Å². The minimum absolute atomic E-state index is 0.140. The molecule has 0 spiro atoms. The molecule has 2 aliphatic heterocycles. The molecule has 40 heavy (non-hydrogen) atoms. The largest absolute Gasteiger partial charge is 0.394 e. The molecular formula is C21H39N7O12. The van der Waals surface area contributed by atoms with E-state index in [1.165, 1.54) is 14.0 Å².